The molecule has 0 aliphatic rings. The van der Waals surface area contributed by atoms with Crippen LogP contribution in [0.4, 0.5) is 5.88 Å². The molecule has 0 aliphatic heterocycles. The third-order valence-corrected chi connectivity index (χ3v) is 1.24. The van der Waals surface area contributed by atoms with Crippen LogP contribution in [0.25, 0.3) is 0 Å². The highest BCUT2D eigenvalue weighted by Crippen LogP contribution is 2.12. The minimum atomic E-state index is -0.756. The van der Waals surface area contributed by atoms with Crippen molar-refractivity contribution in [2.24, 2.45) is 4.99 Å². The fourth-order valence-corrected chi connectivity index (χ4v) is 0.723. The highest BCUT2D eigenvalue weighted by molar-refractivity contribution is 6.81. The van der Waals surface area contributed by atoms with E-state index in [1.807, 2.05) is 0 Å². The van der Waals surface area contributed by atoms with Gasteiger partial charge in [-0.2, -0.15) is 4.99 Å². The number of halogens is 1. The molecule has 0 saturated heterocycles. The monoisotopic (exact) mass is 187 g/mol. The van der Waals surface area contributed by atoms with Gasteiger partial charge in [0.15, 0.2) is 0 Å². The first-order chi connectivity index (χ1) is 5.74. The Morgan fingerprint density at radius 2 is 2.50 bits per heavy atom. The summed E-state index contributed by atoms with van der Waals surface area (Å²) in [5.41, 5.74) is 0. The molecule has 0 spiro atoms. The molecule has 1 aromatic rings. The van der Waals surface area contributed by atoms with Crippen LogP contribution < -0.4 is 0 Å². The number of ether oxygens (including phenoxy) is 1. The SMILES string of the molecule is COC(=Nc1ccco1)C(=O)Cl. The van der Waals surface area contributed by atoms with Crippen LogP contribution in [0.15, 0.2) is 27.8 Å². The molecule has 0 saturated carbocycles. The van der Waals surface area contributed by atoms with Gasteiger partial charge in [-0.1, -0.05) is 0 Å². The Hall–Kier alpha value is -1.29. The van der Waals surface area contributed by atoms with Gasteiger partial charge >= 0.3 is 5.24 Å². The maximum Gasteiger partial charge on any atom is 0.307 e. The predicted octanol–water partition coefficient (Wildman–Crippen LogP) is 1.72. The minimum absolute atomic E-state index is 0.188. The number of hydrogen-bond acceptors (Lipinski definition) is 4. The first-order valence-electron chi connectivity index (χ1n) is 3.10. The van der Waals surface area contributed by atoms with E-state index < -0.39 is 5.24 Å². The molecular formula is C7H6ClNO3. The highest BCUT2D eigenvalue weighted by Gasteiger charge is 2.08. The van der Waals surface area contributed by atoms with E-state index in [9.17, 15) is 4.79 Å². The van der Waals surface area contributed by atoms with Crippen molar-refractivity contribution in [3.63, 3.8) is 0 Å². The van der Waals surface area contributed by atoms with Crippen molar-refractivity contribution in [3.05, 3.63) is 18.4 Å². The molecule has 4 nitrogen and oxygen atoms in total. The van der Waals surface area contributed by atoms with E-state index in [4.69, 9.17) is 16.0 Å². The Balaban J connectivity index is 2.85. The van der Waals surface area contributed by atoms with Crippen molar-refractivity contribution in [1.82, 2.24) is 0 Å². The van der Waals surface area contributed by atoms with Crippen molar-refractivity contribution in [2.45, 2.75) is 0 Å². The molecule has 0 atom stereocenters. The van der Waals surface area contributed by atoms with Crippen molar-refractivity contribution >= 4 is 28.6 Å². The van der Waals surface area contributed by atoms with Gasteiger partial charge in [0.25, 0.3) is 5.90 Å². The smallest absolute Gasteiger partial charge is 0.307 e. The summed E-state index contributed by atoms with van der Waals surface area (Å²) in [6, 6.07) is 3.23. The third kappa shape index (κ3) is 2.10. The average molecular weight is 188 g/mol. The number of methoxy groups -OCH3 is 1. The Morgan fingerprint density at radius 1 is 1.75 bits per heavy atom. The maximum absolute atomic E-state index is 10.6. The zero-order valence-corrected chi connectivity index (χ0v) is 7.04. The molecule has 0 radical (unpaired) electrons. The van der Waals surface area contributed by atoms with Crippen LogP contribution >= 0.6 is 11.6 Å². The number of furan rings is 1. The van der Waals surface area contributed by atoms with Crippen LogP contribution in [0.1, 0.15) is 0 Å². The molecule has 0 aliphatic carbocycles. The van der Waals surface area contributed by atoms with Crippen molar-refractivity contribution < 1.29 is 13.9 Å². The summed E-state index contributed by atoms with van der Waals surface area (Å²) in [4.78, 5) is 14.3. The first kappa shape index (κ1) is 8.80. The topological polar surface area (TPSA) is 51.8 Å². The van der Waals surface area contributed by atoms with Gasteiger partial charge in [0, 0.05) is 6.07 Å². The summed E-state index contributed by atoms with van der Waals surface area (Å²) in [7, 11) is 1.31. The van der Waals surface area contributed by atoms with Crippen molar-refractivity contribution in [1.29, 1.82) is 0 Å². The molecule has 1 rings (SSSR count). The Kier molecular flexibility index (Phi) is 2.88. The lowest BCUT2D eigenvalue weighted by Gasteiger charge is -1.95. The van der Waals surface area contributed by atoms with Gasteiger partial charge in [-0.15, -0.1) is 0 Å². The van der Waals surface area contributed by atoms with Crippen LogP contribution in [0.2, 0.25) is 0 Å². The van der Waals surface area contributed by atoms with E-state index in [0.717, 1.165) is 0 Å². The highest BCUT2D eigenvalue weighted by atomic mass is 35.5. The number of hydrogen-bond donors (Lipinski definition) is 0. The second-order valence-electron chi connectivity index (χ2n) is 1.85. The molecule has 1 aromatic heterocycles. The predicted molar refractivity (Wildman–Crippen MR) is 43.7 cm³/mol. The molecule has 0 fully saturated rings. The number of nitrogens with zero attached hydrogens (tertiary/aromatic N) is 1. The van der Waals surface area contributed by atoms with E-state index in [-0.39, 0.29) is 11.8 Å². The Bertz CT molecular complexity index is 292. The standard InChI is InChI=1S/C7H6ClNO3/c1-11-7(6(8)10)9-5-3-2-4-12-5/h2-4H,1H3. The quantitative estimate of drug-likeness (QED) is 0.403. The molecule has 0 unspecified atom stereocenters. The molecule has 0 amide bonds. The fourth-order valence-electron chi connectivity index (χ4n) is 0.603. The van der Waals surface area contributed by atoms with Crippen LogP contribution in [0, 0.1) is 0 Å². The van der Waals surface area contributed by atoms with Crippen molar-refractivity contribution in [2.75, 3.05) is 7.11 Å². The van der Waals surface area contributed by atoms with Gasteiger partial charge in [0.05, 0.1) is 13.4 Å². The summed E-state index contributed by atoms with van der Waals surface area (Å²) in [6.45, 7) is 0. The van der Waals surface area contributed by atoms with Gasteiger partial charge in [-0.05, 0) is 17.7 Å². The van der Waals surface area contributed by atoms with E-state index >= 15 is 0 Å². The molecule has 0 N–H and O–H groups in total. The summed E-state index contributed by atoms with van der Waals surface area (Å²) in [5, 5.41) is -0.756. The van der Waals surface area contributed by atoms with Crippen molar-refractivity contribution in [3.8, 4) is 0 Å². The second-order valence-corrected chi connectivity index (χ2v) is 2.19. The maximum atomic E-state index is 10.6. The summed E-state index contributed by atoms with van der Waals surface area (Å²) < 4.78 is 9.43. The van der Waals surface area contributed by atoms with Gasteiger partial charge in [-0.3, -0.25) is 4.79 Å². The average Bonchev–Trinajstić information content (AvgIpc) is 2.51. The first-order valence-corrected chi connectivity index (χ1v) is 3.48. The summed E-state index contributed by atoms with van der Waals surface area (Å²) >= 11 is 5.12. The molecule has 1 heterocycles. The molecule has 12 heavy (non-hydrogen) atoms. The lowest BCUT2D eigenvalue weighted by Crippen LogP contribution is -2.08. The van der Waals surface area contributed by atoms with Gasteiger partial charge < -0.3 is 9.15 Å². The minimum Gasteiger partial charge on any atom is -0.477 e. The van der Waals surface area contributed by atoms with Gasteiger partial charge in [0.1, 0.15) is 0 Å². The van der Waals surface area contributed by atoms with Gasteiger partial charge in [-0.25, -0.2) is 0 Å². The van der Waals surface area contributed by atoms with Crippen LogP contribution in [0.3, 0.4) is 0 Å². The molecule has 5 heteroatoms. The van der Waals surface area contributed by atoms with E-state index in [1.54, 1.807) is 12.1 Å². The van der Waals surface area contributed by atoms with E-state index in [0.29, 0.717) is 0 Å². The molecule has 64 valence electrons. The Morgan fingerprint density at radius 3 is 2.92 bits per heavy atom. The normalized spacial score (nSPS) is 11.3. The van der Waals surface area contributed by atoms with E-state index in [2.05, 4.69) is 9.73 Å². The molecule has 0 aromatic carbocycles. The van der Waals surface area contributed by atoms with Crippen LogP contribution in [0.5, 0.6) is 0 Å². The summed E-state index contributed by atoms with van der Waals surface area (Å²) in [5.74, 6) is 0.0902. The third-order valence-electron chi connectivity index (χ3n) is 1.08. The number of carbonyl (C=O) groups is 1. The Labute approximate surface area is 73.8 Å². The molecular weight excluding hydrogens is 182 g/mol. The lowest BCUT2D eigenvalue weighted by molar-refractivity contribution is -0.107. The summed E-state index contributed by atoms with van der Waals surface area (Å²) in [6.07, 6.45) is 1.44. The number of aliphatic imine (C=N–C) groups is 1. The van der Waals surface area contributed by atoms with E-state index in [1.165, 1.54) is 13.4 Å². The fraction of sp³-hybridized carbons (Fsp3) is 0.143. The number of rotatable bonds is 2. The number of carbonyl (C=O) groups excluding carboxylic acids is 1. The lowest BCUT2D eigenvalue weighted by atomic mass is 10.6. The molecule has 0 bridgehead atoms. The van der Waals surface area contributed by atoms with Gasteiger partial charge in [0.2, 0.25) is 5.88 Å². The van der Waals surface area contributed by atoms with Crippen LogP contribution in [-0.2, 0) is 9.53 Å². The largest absolute Gasteiger partial charge is 0.477 e. The second kappa shape index (κ2) is 3.92. The van der Waals surface area contributed by atoms with Crippen LogP contribution in [-0.4, -0.2) is 18.2 Å². The zero-order valence-electron chi connectivity index (χ0n) is 6.28. The zero-order chi connectivity index (χ0) is 8.97.